The van der Waals surface area contributed by atoms with Crippen molar-refractivity contribution in [3.63, 3.8) is 0 Å². The van der Waals surface area contributed by atoms with E-state index in [1.807, 2.05) is 6.92 Å². The van der Waals surface area contributed by atoms with Gasteiger partial charge in [-0.2, -0.15) is 5.10 Å². The Bertz CT molecular complexity index is 712. The van der Waals surface area contributed by atoms with Crippen molar-refractivity contribution in [3.8, 4) is 5.75 Å². The SMILES string of the molecule is CCOc1ccc(C(=NNC(=O)c2ccncc2)C(=O)O)cc1. The molecule has 2 aromatic rings. The molecule has 2 N–H and O–H groups in total. The molecule has 0 saturated carbocycles. The van der Waals surface area contributed by atoms with Crippen LogP contribution in [0.25, 0.3) is 0 Å². The summed E-state index contributed by atoms with van der Waals surface area (Å²) in [7, 11) is 0. The van der Waals surface area contributed by atoms with E-state index in [0.717, 1.165) is 0 Å². The number of rotatable bonds is 6. The second-order valence-electron chi connectivity index (χ2n) is 4.40. The van der Waals surface area contributed by atoms with Crippen molar-refractivity contribution in [2.75, 3.05) is 6.61 Å². The van der Waals surface area contributed by atoms with Gasteiger partial charge >= 0.3 is 5.97 Å². The molecule has 118 valence electrons. The Morgan fingerprint density at radius 3 is 2.35 bits per heavy atom. The monoisotopic (exact) mass is 313 g/mol. The third kappa shape index (κ3) is 4.37. The number of aliphatic carboxylic acids is 1. The number of carboxylic acid groups (broad SMARTS) is 1. The Morgan fingerprint density at radius 2 is 1.78 bits per heavy atom. The highest BCUT2D eigenvalue weighted by molar-refractivity contribution is 6.42. The van der Waals surface area contributed by atoms with Gasteiger partial charge in [-0.05, 0) is 43.3 Å². The summed E-state index contributed by atoms with van der Waals surface area (Å²) < 4.78 is 5.29. The summed E-state index contributed by atoms with van der Waals surface area (Å²) in [4.78, 5) is 27.0. The Morgan fingerprint density at radius 1 is 1.13 bits per heavy atom. The molecule has 0 atom stereocenters. The van der Waals surface area contributed by atoms with Crippen LogP contribution in [0, 0.1) is 0 Å². The van der Waals surface area contributed by atoms with Gasteiger partial charge in [0.05, 0.1) is 6.61 Å². The van der Waals surface area contributed by atoms with E-state index in [4.69, 9.17) is 4.74 Å². The minimum atomic E-state index is -1.25. The lowest BCUT2D eigenvalue weighted by atomic mass is 10.1. The fourth-order valence-corrected chi connectivity index (χ4v) is 1.79. The molecule has 0 aliphatic carbocycles. The summed E-state index contributed by atoms with van der Waals surface area (Å²) in [5.41, 5.74) is 2.65. The molecule has 2 rings (SSSR count). The van der Waals surface area contributed by atoms with Gasteiger partial charge in [-0.3, -0.25) is 9.78 Å². The van der Waals surface area contributed by atoms with Crippen LogP contribution in [0.5, 0.6) is 5.75 Å². The van der Waals surface area contributed by atoms with Crippen LogP contribution < -0.4 is 10.2 Å². The Kier molecular flexibility index (Phi) is 5.40. The van der Waals surface area contributed by atoms with E-state index in [9.17, 15) is 14.7 Å². The Hall–Kier alpha value is -3.22. The van der Waals surface area contributed by atoms with Gasteiger partial charge < -0.3 is 9.84 Å². The largest absolute Gasteiger partial charge is 0.494 e. The normalized spacial score (nSPS) is 10.9. The maximum absolute atomic E-state index is 11.9. The minimum absolute atomic E-state index is 0.268. The summed E-state index contributed by atoms with van der Waals surface area (Å²) in [6, 6.07) is 9.42. The first-order valence-corrected chi connectivity index (χ1v) is 6.86. The van der Waals surface area contributed by atoms with E-state index >= 15 is 0 Å². The van der Waals surface area contributed by atoms with E-state index in [0.29, 0.717) is 23.5 Å². The number of amides is 1. The van der Waals surface area contributed by atoms with Gasteiger partial charge in [0.1, 0.15) is 5.75 Å². The molecule has 0 saturated heterocycles. The first kappa shape index (κ1) is 16.2. The van der Waals surface area contributed by atoms with Crippen LogP contribution in [0.2, 0.25) is 0 Å². The van der Waals surface area contributed by atoms with Crippen LogP contribution in [0.4, 0.5) is 0 Å². The predicted octanol–water partition coefficient (Wildman–Crippen LogP) is 1.70. The molecule has 1 heterocycles. The molecular formula is C16H15N3O4. The number of hydrazone groups is 1. The average molecular weight is 313 g/mol. The number of carbonyl (C=O) groups is 2. The number of benzene rings is 1. The van der Waals surface area contributed by atoms with Crippen molar-refractivity contribution in [1.82, 2.24) is 10.4 Å². The minimum Gasteiger partial charge on any atom is -0.494 e. The Labute approximate surface area is 132 Å². The zero-order valence-corrected chi connectivity index (χ0v) is 12.4. The predicted molar refractivity (Wildman–Crippen MR) is 83.5 cm³/mol. The molecule has 1 amide bonds. The molecule has 0 aliphatic heterocycles. The van der Waals surface area contributed by atoms with E-state index in [1.165, 1.54) is 24.5 Å². The topological polar surface area (TPSA) is 101 Å². The molecule has 7 heteroatoms. The molecule has 0 aliphatic rings. The van der Waals surface area contributed by atoms with Crippen LogP contribution in [-0.4, -0.2) is 34.3 Å². The van der Waals surface area contributed by atoms with E-state index in [1.54, 1.807) is 24.3 Å². The van der Waals surface area contributed by atoms with Gasteiger partial charge in [-0.1, -0.05) is 0 Å². The molecule has 0 fully saturated rings. The number of ether oxygens (including phenoxy) is 1. The number of nitrogens with zero attached hydrogens (tertiary/aromatic N) is 2. The second kappa shape index (κ2) is 7.69. The van der Waals surface area contributed by atoms with Crippen LogP contribution in [0.15, 0.2) is 53.9 Å². The molecule has 1 aromatic carbocycles. The molecule has 1 aromatic heterocycles. The zero-order valence-electron chi connectivity index (χ0n) is 12.4. The van der Waals surface area contributed by atoms with Gasteiger partial charge in [0, 0.05) is 23.5 Å². The van der Waals surface area contributed by atoms with Gasteiger partial charge in [0.25, 0.3) is 5.91 Å². The maximum atomic E-state index is 11.9. The fraction of sp³-hybridized carbons (Fsp3) is 0.125. The highest BCUT2D eigenvalue weighted by Gasteiger charge is 2.14. The Balaban J connectivity index is 2.17. The zero-order chi connectivity index (χ0) is 16.7. The van der Waals surface area contributed by atoms with Crippen LogP contribution >= 0.6 is 0 Å². The highest BCUT2D eigenvalue weighted by atomic mass is 16.5. The third-order valence-corrected chi connectivity index (χ3v) is 2.85. The number of carbonyl (C=O) groups excluding carboxylic acids is 1. The first-order valence-electron chi connectivity index (χ1n) is 6.86. The molecule has 0 unspecified atom stereocenters. The van der Waals surface area contributed by atoms with Crippen LogP contribution in [0.3, 0.4) is 0 Å². The van der Waals surface area contributed by atoms with Crippen LogP contribution in [0.1, 0.15) is 22.8 Å². The average Bonchev–Trinajstić information content (AvgIpc) is 2.57. The van der Waals surface area contributed by atoms with Crippen molar-refractivity contribution in [2.45, 2.75) is 6.92 Å². The number of carboxylic acids is 1. The lowest BCUT2D eigenvalue weighted by molar-refractivity contribution is -0.129. The lowest BCUT2D eigenvalue weighted by Gasteiger charge is -2.06. The molecule has 7 nitrogen and oxygen atoms in total. The molecule has 0 bridgehead atoms. The number of nitrogens with one attached hydrogen (secondary N) is 1. The van der Waals surface area contributed by atoms with Gasteiger partial charge in [0.15, 0.2) is 5.71 Å². The fourth-order valence-electron chi connectivity index (χ4n) is 1.79. The summed E-state index contributed by atoms with van der Waals surface area (Å²) in [6.07, 6.45) is 2.92. The number of hydrogen-bond donors (Lipinski definition) is 2. The van der Waals surface area contributed by atoms with Gasteiger partial charge in [-0.25, -0.2) is 10.2 Å². The number of hydrogen-bond acceptors (Lipinski definition) is 5. The summed E-state index contributed by atoms with van der Waals surface area (Å²) >= 11 is 0. The smallest absolute Gasteiger partial charge is 0.356 e. The van der Waals surface area contributed by atoms with Crippen molar-refractivity contribution in [2.24, 2.45) is 5.10 Å². The summed E-state index contributed by atoms with van der Waals surface area (Å²) in [5, 5.41) is 13.0. The van der Waals surface area contributed by atoms with Gasteiger partial charge in [0.2, 0.25) is 0 Å². The van der Waals surface area contributed by atoms with Crippen molar-refractivity contribution >= 4 is 17.6 Å². The third-order valence-electron chi connectivity index (χ3n) is 2.85. The molecule has 0 spiro atoms. The quantitative estimate of drug-likeness (QED) is 0.624. The van der Waals surface area contributed by atoms with Gasteiger partial charge in [-0.15, -0.1) is 0 Å². The standard InChI is InChI=1S/C16H15N3O4/c1-2-23-13-5-3-11(4-6-13)14(16(21)22)18-19-15(20)12-7-9-17-10-8-12/h3-10H,2H2,1H3,(H,19,20)(H,21,22). The second-order valence-corrected chi connectivity index (χ2v) is 4.40. The highest BCUT2D eigenvalue weighted by Crippen LogP contribution is 2.13. The number of pyridine rings is 1. The summed E-state index contributed by atoms with van der Waals surface area (Å²) in [6.45, 7) is 2.37. The first-order chi connectivity index (χ1) is 11.1. The van der Waals surface area contributed by atoms with Crippen LogP contribution in [-0.2, 0) is 4.79 Å². The maximum Gasteiger partial charge on any atom is 0.356 e. The van der Waals surface area contributed by atoms with Crippen molar-refractivity contribution < 1.29 is 19.4 Å². The van der Waals surface area contributed by atoms with E-state index in [2.05, 4.69) is 15.5 Å². The molecule has 23 heavy (non-hydrogen) atoms. The van der Waals surface area contributed by atoms with E-state index in [-0.39, 0.29) is 5.71 Å². The van der Waals surface area contributed by atoms with E-state index < -0.39 is 11.9 Å². The number of aromatic nitrogens is 1. The van der Waals surface area contributed by atoms with Crippen molar-refractivity contribution in [3.05, 3.63) is 59.9 Å². The van der Waals surface area contributed by atoms with Crippen molar-refractivity contribution in [1.29, 1.82) is 0 Å². The summed E-state index contributed by atoms with van der Waals surface area (Å²) in [5.74, 6) is -1.14. The molecule has 0 radical (unpaired) electrons. The lowest BCUT2D eigenvalue weighted by Crippen LogP contribution is -2.24. The molecular weight excluding hydrogens is 298 g/mol.